The molecule has 0 aliphatic rings. The molecule has 0 unspecified atom stereocenters. The highest BCUT2D eigenvalue weighted by Crippen LogP contribution is 2.36. The van der Waals surface area contributed by atoms with Crippen LogP contribution in [0.4, 0.5) is 0 Å². The Labute approximate surface area is 157 Å². The van der Waals surface area contributed by atoms with Crippen LogP contribution in [0.15, 0.2) is 12.1 Å². The van der Waals surface area contributed by atoms with Crippen molar-refractivity contribution >= 4 is 24.0 Å². The van der Waals surface area contributed by atoms with Crippen LogP contribution in [0.5, 0.6) is 11.5 Å². The van der Waals surface area contributed by atoms with Crippen molar-refractivity contribution in [3.05, 3.63) is 22.7 Å². The maximum absolute atomic E-state index is 6.31. The summed E-state index contributed by atoms with van der Waals surface area (Å²) in [5.41, 5.74) is 1.09. The maximum Gasteiger partial charge on any atom is 0.179 e. The van der Waals surface area contributed by atoms with Crippen molar-refractivity contribution in [3.63, 3.8) is 0 Å². The number of hydrogen-bond acceptors (Lipinski definition) is 4. The van der Waals surface area contributed by atoms with Gasteiger partial charge in [-0.3, -0.25) is 0 Å². The van der Waals surface area contributed by atoms with Gasteiger partial charge in [-0.15, -0.1) is 12.4 Å². The molecule has 0 saturated carbocycles. The van der Waals surface area contributed by atoms with Crippen molar-refractivity contribution in [3.8, 4) is 11.5 Å². The zero-order chi connectivity index (χ0) is 16.9. The van der Waals surface area contributed by atoms with E-state index in [-0.39, 0.29) is 12.4 Å². The lowest BCUT2D eigenvalue weighted by Gasteiger charge is -2.14. The van der Waals surface area contributed by atoms with E-state index in [0.717, 1.165) is 44.7 Å². The summed E-state index contributed by atoms with van der Waals surface area (Å²) in [7, 11) is 0. The molecule has 1 N–H and O–H groups in total. The van der Waals surface area contributed by atoms with Crippen molar-refractivity contribution in [1.29, 1.82) is 0 Å². The summed E-state index contributed by atoms with van der Waals surface area (Å²) < 4.78 is 16.7. The van der Waals surface area contributed by atoms with E-state index in [9.17, 15) is 0 Å². The second kappa shape index (κ2) is 14.6. The van der Waals surface area contributed by atoms with E-state index in [1.165, 1.54) is 6.42 Å². The first-order chi connectivity index (χ1) is 11.2. The van der Waals surface area contributed by atoms with E-state index in [1.807, 2.05) is 26.0 Å². The van der Waals surface area contributed by atoms with Gasteiger partial charge in [0.15, 0.2) is 11.5 Å². The molecule has 0 amide bonds. The van der Waals surface area contributed by atoms with Crippen LogP contribution in [0, 0.1) is 0 Å². The second-order valence-electron chi connectivity index (χ2n) is 5.27. The highest BCUT2D eigenvalue weighted by atomic mass is 35.5. The summed E-state index contributed by atoms with van der Waals surface area (Å²) >= 11 is 6.31. The Morgan fingerprint density at radius 1 is 1.00 bits per heavy atom. The van der Waals surface area contributed by atoms with Gasteiger partial charge < -0.3 is 19.5 Å². The molecule has 140 valence electrons. The number of hydrogen-bond donors (Lipinski definition) is 1. The van der Waals surface area contributed by atoms with E-state index in [1.54, 1.807) is 0 Å². The first-order valence-electron chi connectivity index (χ1n) is 8.59. The molecular formula is C18H31Cl2NO3. The SMILES string of the molecule is CCCCOCCCNCc1cc(Cl)c(OCC)c(OCC)c1.Cl. The molecule has 1 aromatic rings. The van der Waals surface area contributed by atoms with E-state index in [2.05, 4.69) is 12.2 Å². The van der Waals surface area contributed by atoms with Crippen LogP contribution >= 0.6 is 24.0 Å². The Bertz CT molecular complexity index is 445. The van der Waals surface area contributed by atoms with E-state index >= 15 is 0 Å². The molecule has 1 aromatic carbocycles. The van der Waals surface area contributed by atoms with Gasteiger partial charge in [0.2, 0.25) is 0 Å². The Morgan fingerprint density at radius 3 is 2.38 bits per heavy atom. The van der Waals surface area contributed by atoms with Crippen LogP contribution in [0.25, 0.3) is 0 Å². The summed E-state index contributed by atoms with van der Waals surface area (Å²) in [6.45, 7) is 10.5. The van der Waals surface area contributed by atoms with Crippen LogP contribution in [-0.4, -0.2) is 33.0 Å². The van der Waals surface area contributed by atoms with Gasteiger partial charge in [0.1, 0.15) is 0 Å². The molecule has 1 rings (SSSR count). The summed E-state index contributed by atoms with van der Waals surface area (Å²) in [4.78, 5) is 0. The van der Waals surface area contributed by atoms with Crippen molar-refractivity contribution < 1.29 is 14.2 Å². The normalized spacial score (nSPS) is 10.3. The van der Waals surface area contributed by atoms with Crippen LogP contribution in [0.3, 0.4) is 0 Å². The molecule has 0 aliphatic carbocycles. The van der Waals surface area contributed by atoms with Crippen molar-refractivity contribution in [1.82, 2.24) is 5.32 Å². The third-order valence-electron chi connectivity index (χ3n) is 3.27. The molecule has 24 heavy (non-hydrogen) atoms. The van der Waals surface area contributed by atoms with Gasteiger partial charge in [0.25, 0.3) is 0 Å². The number of nitrogens with one attached hydrogen (secondary N) is 1. The minimum atomic E-state index is 0. The largest absolute Gasteiger partial charge is 0.490 e. The highest BCUT2D eigenvalue weighted by Gasteiger charge is 2.12. The fraction of sp³-hybridized carbons (Fsp3) is 0.667. The van der Waals surface area contributed by atoms with Gasteiger partial charge in [-0.2, -0.15) is 0 Å². The lowest BCUT2D eigenvalue weighted by atomic mass is 10.2. The summed E-state index contributed by atoms with van der Waals surface area (Å²) in [5.74, 6) is 1.34. The average Bonchev–Trinajstić information content (AvgIpc) is 2.53. The molecule has 0 radical (unpaired) electrons. The third kappa shape index (κ3) is 8.97. The van der Waals surface area contributed by atoms with Gasteiger partial charge in [-0.05, 0) is 50.9 Å². The Hall–Kier alpha value is -0.680. The number of halogens is 2. The molecular weight excluding hydrogens is 349 g/mol. The van der Waals surface area contributed by atoms with Crippen molar-refractivity contribution in [2.24, 2.45) is 0 Å². The Balaban J connectivity index is 0.00000529. The standard InChI is InChI=1S/C18H30ClNO3.ClH/c1-4-7-10-21-11-8-9-20-14-15-12-16(19)18(23-6-3)17(13-15)22-5-2;/h12-13,20H,4-11,14H2,1-3H3;1H. The van der Waals surface area contributed by atoms with Gasteiger partial charge in [-0.25, -0.2) is 0 Å². The summed E-state index contributed by atoms with van der Waals surface area (Å²) in [6, 6.07) is 3.92. The molecule has 0 fully saturated rings. The van der Waals surface area contributed by atoms with Crippen LogP contribution < -0.4 is 14.8 Å². The Morgan fingerprint density at radius 2 is 1.71 bits per heavy atom. The third-order valence-corrected chi connectivity index (χ3v) is 3.55. The lowest BCUT2D eigenvalue weighted by molar-refractivity contribution is 0.129. The molecule has 0 saturated heterocycles. The second-order valence-corrected chi connectivity index (χ2v) is 5.67. The molecule has 0 spiro atoms. The predicted octanol–water partition coefficient (Wildman–Crippen LogP) is 4.86. The molecule has 4 nitrogen and oxygen atoms in total. The molecule has 6 heteroatoms. The van der Waals surface area contributed by atoms with E-state index in [4.69, 9.17) is 25.8 Å². The maximum atomic E-state index is 6.31. The monoisotopic (exact) mass is 379 g/mol. The molecule has 0 aromatic heterocycles. The van der Waals surface area contributed by atoms with Crippen LogP contribution in [0.2, 0.25) is 5.02 Å². The smallest absolute Gasteiger partial charge is 0.179 e. The van der Waals surface area contributed by atoms with Crippen LogP contribution in [-0.2, 0) is 11.3 Å². The molecule has 0 heterocycles. The zero-order valence-electron chi connectivity index (χ0n) is 15.0. The first kappa shape index (κ1) is 23.3. The van der Waals surface area contributed by atoms with Gasteiger partial charge in [0, 0.05) is 19.8 Å². The van der Waals surface area contributed by atoms with Crippen molar-refractivity contribution in [2.45, 2.75) is 46.6 Å². The number of benzene rings is 1. The van der Waals surface area contributed by atoms with Gasteiger partial charge >= 0.3 is 0 Å². The topological polar surface area (TPSA) is 39.7 Å². The van der Waals surface area contributed by atoms with Crippen LogP contribution in [0.1, 0.15) is 45.6 Å². The minimum Gasteiger partial charge on any atom is -0.490 e. The Kier molecular flexibility index (Phi) is 14.2. The lowest BCUT2D eigenvalue weighted by Crippen LogP contribution is -2.16. The molecule has 0 bridgehead atoms. The number of rotatable bonds is 13. The average molecular weight is 380 g/mol. The highest BCUT2D eigenvalue weighted by molar-refractivity contribution is 6.32. The number of ether oxygens (including phenoxy) is 3. The number of unbranched alkanes of at least 4 members (excludes halogenated alkanes) is 1. The summed E-state index contributed by atoms with van der Waals surface area (Å²) in [6.07, 6.45) is 3.32. The zero-order valence-corrected chi connectivity index (χ0v) is 16.6. The van der Waals surface area contributed by atoms with Gasteiger partial charge in [-0.1, -0.05) is 24.9 Å². The minimum absolute atomic E-state index is 0. The predicted molar refractivity (Wildman–Crippen MR) is 103 cm³/mol. The van der Waals surface area contributed by atoms with E-state index in [0.29, 0.717) is 29.7 Å². The van der Waals surface area contributed by atoms with E-state index < -0.39 is 0 Å². The van der Waals surface area contributed by atoms with Gasteiger partial charge in [0.05, 0.1) is 18.2 Å². The summed E-state index contributed by atoms with van der Waals surface area (Å²) in [5, 5.41) is 4.00. The van der Waals surface area contributed by atoms with Crippen molar-refractivity contribution in [2.75, 3.05) is 33.0 Å². The quantitative estimate of drug-likeness (QED) is 0.497. The fourth-order valence-corrected chi connectivity index (χ4v) is 2.44. The fourth-order valence-electron chi connectivity index (χ4n) is 2.15. The first-order valence-corrected chi connectivity index (χ1v) is 8.97. The molecule has 0 atom stereocenters. The molecule has 0 aliphatic heterocycles.